The zero-order chi connectivity index (χ0) is 40.5. The van der Waals surface area contributed by atoms with Crippen LogP contribution in [0.25, 0.3) is 67.4 Å². The summed E-state index contributed by atoms with van der Waals surface area (Å²) in [4.78, 5) is 30.2. The van der Waals surface area contributed by atoms with Gasteiger partial charge in [0.1, 0.15) is 23.3 Å². The van der Waals surface area contributed by atoms with Crippen LogP contribution in [0.5, 0.6) is 0 Å². The van der Waals surface area contributed by atoms with Gasteiger partial charge < -0.3 is 20.2 Å². The Labute approximate surface area is 345 Å². The van der Waals surface area contributed by atoms with Crippen LogP contribution in [0, 0.1) is 25.5 Å². The molecule has 0 saturated heterocycles. The Morgan fingerprint density at radius 2 is 1.22 bits per heavy atom. The van der Waals surface area contributed by atoms with Gasteiger partial charge in [0, 0.05) is 76.2 Å². The maximum atomic E-state index is 13.7. The third-order valence-electron chi connectivity index (χ3n) is 9.66. The largest absolute Gasteiger partial charge is 0.338 e. The minimum absolute atomic E-state index is 0.271. The number of thiazole rings is 2. The van der Waals surface area contributed by atoms with Crippen LogP contribution in [0.2, 0.25) is 0 Å². The molecule has 14 heteroatoms. The second-order valence-electron chi connectivity index (χ2n) is 13.7. The highest BCUT2D eigenvalue weighted by Crippen LogP contribution is 2.33. The number of halogens is 2. The smallest absolute Gasteiger partial charge is 0.187 e. The molecule has 0 fully saturated rings. The molecular formula is C45H34F2N10S2. The molecule has 0 saturated carbocycles. The Morgan fingerprint density at radius 3 is 1.90 bits per heavy atom. The van der Waals surface area contributed by atoms with E-state index in [4.69, 9.17) is 4.98 Å². The molecule has 0 spiro atoms. The van der Waals surface area contributed by atoms with Gasteiger partial charge in [-0.1, -0.05) is 24.3 Å². The normalized spacial score (nSPS) is 11.1. The number of hydrogen-bond donors (Lipinski definition) is 3. The van der Waals surface area contributed by atoms with Gasteiger partial charge in [0.2, 0.25) is 0 Å². The molecule has 0 radical (unpaired) electrons. The van der Waals surface area contributed by atoms with Gasteiger partial charge in [-0.3, -0.25) is 9.97 Å². The van der Waals surface area contributed by atoms with Crippen LogP contribution >= 0.6 is 22.7 Å². The van der Waals surface area contributed by atoms with Crippen molar-refractivity contribution in [1.82, 2.24) is 39.5 Å². The van der Waals surface area contributed by atoms with E-state index in [1.165, 1.54) is 35.6 Å². The molecule has 0 unspecified atom stereocenters. The Balaban J connectivity index is 0.000000152. The number of aryl methyl sites for hydroxylation is 3. The van der Waals surface area contributed by atoms with Crippen molar-refractivity contribution in [3.63, 3.8) is 0 Å². The van der Waals surface area contributed by atoms with Gasteiger partial charge in [0.15, 0.2) is 10.3 Å². The highest BCUT2D eigenvalue weighted by atomic mass is 32.1. The number of benzene rings is 4. The summed E-state index contributed by atoms with van der Waals surface area (Å²) in [6.07, 6.45) is 7.07. The Kier molecular flexibility index (Phi) is 10.1. The van der Waals surface area contributed by atoms with Crippen LogP contribution in [0.15, 0.2) is 133 Å². The molecule has 6 aromatic heterocycles. The zero-order valence-electron chi connectivity index (χ0n) is 31.9. The maximum absolute atomic E-state index is 13.7. The molecule has 0 aliphatic heterocycles. The second kappa shape index (κ2) is 16.0. The van der Waals surface area contributed by atoms with Crippen LogP contribution in [0.3, 0.4) is 0 Å². The molecule has 4 aromatic carbocycles. The van der Waals surface area contributed by atoms with Gasteiger partial charge in [-0.2, -0.15) is 0 Å². The van der Waals surface area contributed by atoms with Crippen LogP contribution in [-0.4, -0.2) is 39.5 Å². The van der Waals surface area contributed by atoms with Crippen molar-refractivity contribution in [2.75, 3.05) is 10.6 Å². The van der Waals surface area contributed by atoms with Crippen molar-refractivity contribution in [2.45, 2.75) is 13.8 Å². The van der Waals surface area contributed by atoms with E-state index in [2.05, 4.69) is 46.6 Å². The van der Waals surface area contributed by atoms with Crippen molar-refractivity contribution in [3.05, 3.63) is 155 Å². The highest BCUT2D eigenvalue weighted by Gasteiger charge is 2.15. The fraction of sp³-hybridized carbons (Fsp3) is 0.0667. The molecule has 3 N–H and O–H groups in total. The number of imidazole rings is 2. The quantitative estimate of drug-likeness (QED) is 0.139. The number of anilines is 4. The summed E-state index contributed by atoms with van der Waals surface area (Å²) in [7, 11) is 1.95. The van der Waals surface area contributed by atoms with E-state index in [1.54, 1.807) is 48.3 Å². The number of rotatable bonds is 8. The van der Waals surface area contributed by atoms with E-state index in [0.717, 1.165) is 94.3 Å². The average Bonchev–Trinajstić information content (AvgIpc) is 4.07. The molecule has 0 amide bonds. The molecule has 0 aliphatic carbocycles. The first-order valence-corrected chi connectivity index (χ1v) is 20.3. The molecular weight excluding hydrogens is 783 g/mol. The minimum atomic E-state index is -0.283. The molecule has 10 rings (SSSR count). The van der Waals surface area contributed by atoms with E-state index in [-0.39, 0.29) is 11.6 Å². The predicted octanol–water partition coefficient (Wildman–Crippen LogP) is 11.9. The third-order valence-corrected chi connectivity index (χ3v) is 11.2. The fourth-order valence-corrected chi connectivity index (χ4v) is 8.09. The lowest BCUT2D eigenvalue weighted by molar-refractivity contribution is 0.627. The molecule has 0 aliphatic rings. The van der Waals surface area contributed by atoms with Crippen molar-refractivity contribution in [1.29, 1.82) is 0 Å². The van der Waals surface area contributed by atoms with Crippen LogP contribution in [0.1, 0.15) is 11.1 Å². The fourth-order valence-electron chi connectivity index (χ4n) is 6.63. The standard InChI is InChI=1S/C23H18FN5S.C22H16FN5S/c1-14-10-21-19(26-22(29(21)2)16-4-3-5-17(24)11-16)12-18(14)27-23-28-20(13-30-23)15-6-8-25-9-7-15;1-13-8-18-19(26-21(25-18)14-4-2-6-16(23)9-14)10-17(13)27-22-28-20(12-29-22)15-5-3-7-24-11-15/h3-13H,1-2H3,(H,27,28);2-12H,1H3,(H,25,26)(H,27,28). The summed E-state index contributed by atoms with van der Waals surface area (Å²) in [6.45, 7) is 4.08. The first kappa shape index (κ1) is 37.4. The lowest BCUT2D eigenvalue weighted by Crippen LogP contribution is -1.95. The predicted molar refractivity (Wildman–Crippen MR) is 234 cm³/mol. The van der Waals surface area contributed by atoms with Crippen LogP contribution in [0.4, 0.5) is 30.4 Å². The summed E-state index contributed by atoms with van der Waals surface area (Å²) in [5.74, 6) is 0.820. The number of nitrogens with zero attached hydrogens (tertiary/aromatic N) is 7. The Hall–Kier alpha value is -7.16. The maximum Gasteiger partial charge on any atom is 0.187 e. The summed E-state index contributed by atoms with van der Waals surface area (Å²) in [5.41, 5.74) is 12.9. The summed E-state index contributed by atoms with van der Waals surface area (Å²) >= 11 is 3.09. The molecule has 10 aromatic rings. The van der Waals surface area contributed by atoms with Crippen molar-refractivity contribution in [3.8, 4) is 45.3 Å². The molecule has 6 heterocycles. The number of fused-ring (bicyclic) bond motifs is 2. The lowest BCUT2D eigenvalue weighted by Gasteiger charge is -2.08. The number of H-pyrrole nitrogens is 1. The number of pyridine rings is 2. The van der Waals surface area contributed by atoms with Crippen molar-refractivity contribution in [2.24, 2.45) is 7.05 Å². The molecule has 290 valence electrons. The number of aromatic nitrogens is 8. The third kappa shape index (κ3) is 8.04. The summed E-state index contributed by atoms with van der Waals surface area (Å²) in [6, 6.07) is 28.8. The summed E-state index contributed by atoms with van der Waals surface area (Å²) in [5, 5.41) is 12.4. The SMILES string of the molecule is Cc1cc2[nH]c(-c3cccc(F)c3)nc2cc1Nc1nc(-c2cccnc2)cs1.Cc1cc2c(cc1Nc1nc(-c3ccncc3)cs1)nc(-c1cccc(F)c1)n2C. The first-order valence-electron chi connectivity index (χ1n) is 18.5. The number of hydrogen-bond acceptors (Lipinski definition) is 10. The Morgan fingerprint density at radius 1 is 0.593 bits per heavy atom. The summed E-state index contributed by atoms with van der Waals surface area (Å²) < 4.78 is 29.2. The minimum Gasteiger partial charge on any atom is -0.338 e. The second-order valence-corrected chi connectivity index (χ2v) is 15.5. The lowest BCUT2D eigenvalue weighted by atomic mass is 10.1. The van der Waals surface area contributed by atoms with Gasteiger partial charge in [0.25, 0.3) is 0 Å². The van der Waals surface area contributed by atoms with E-state index >= 15 is 0 Å². The Bertz CT molecular complexity index is 3080. The van der Waals surface area contributed by atoms with Crippen LogP contribution in [-0.2, 0) is 7.05 Å². The number of aromatic amines is 1. The first-order chi connectivity index (χ1) is 28.7. The molecule has 59 heavy (non-hydrogen) atoms. The van der Waals surface area contributed by atoms with Gasteiger partial charge in [-0.05, 0) is 97.8 Å². The van der Waals surface area contributed by atoms with E-state index < -0.39 is 0 Å². The van der Waals surface area contributed by atoms with E-state index in [1.807, 2.05) is 90.8 Å². The van der Waals surface area contributed by atoms with Crippen molar-refractivity contribution < 1.29 is 8.78 Å². The van der Waals surface area contributed by atoms with E-state index in [0.29, 0.717) is 5.82 Å². The monoisotopic (exact) mass is 816 g/mol. The van der Waals surface area contributed by atoms with Crippen molar-refractivity contribution >= 4 is 66.4 Å². The van der Waals surface area contributed by atoms with Gasteiger partial charge in [-0.15, -0.1) is 22.7 Å². The molecule has 0 bridgehead atoms. The van der Waals surface area contributed by atoms with Gasteiger partial charge >= 0.3 is 0 Å². The van der Waals surface area contributed by atoms with E-state index in [9.17, 15) is 8.78 Å². The number of nitrogens with one attached hydrogen (secondary N) is 3. The zero-order valence-corrected chi connectivity index (χ0v) is 33.5. The molecule has 10 nitrogen and oxygen atoms in total. The van der Waals surface area contributed by atoms with Crippen LogP contribution < -0.4 is 10.6 Å². The average molecular weight is 817 g/mol. The van der Waals surface area contributed by atoms with Gasteiger partial charge in [0.05, 0.1) is 33.5 Å². The topological polar surface area (TPSA) is 122 Å². The molecule has 0 atom stereocenters. The highest BCUT2D eigenvalue weighted by molar-refractivity contribution is 7.14. The van der Waals surface area contributed by atoms with Gasteiger partial charge in [-0.25, -0.2) is 28.7 Å².